The number of hydrogen-bond acceptors (Lipinski definition) is 3. The van der Waals surface area contributed by atoms with E-state index in [0.717, 1.165) is 18.5 Å². The van der Waals surface area contributed by atoms with E-state index < -0.39 is 0 Å². The standard InChI is InChI=1S/C15H24FNO2/c1-4-8-17-15(3,11-18)7-9-19-14-10-12(2)5-6-13(14)16/h5-6,10,17-18H,4,7-9,11H2,1-3H3. The quantitative estimate of drug-likeness (QED) is 0.762. The first kappa shape index (κ1) is 15.9. The zero-order chi connectivity index (χ0) is 14.3. The molecule has 4 heteroatoms. The lowest BCUT2D eigenvalue weighted by Gasteiger charge is -2.28. The summed E-state index contributed by atoms with van der Waals surface area (Å²) in [6.07, 6.45) is 1.62. The Morgan fingerprint density at radius 2 is 2.16 bits per heavy atom. The van der Waals surface area contributed by atoms with Gasteiger partial charge in [0.05, 0.1) is 13.2 Å². The third-order valence-electron chi connectivity index (χ3n) is 3.15. The molecular weight excluding hydrogens is 245 g/mol. The molecule has 0 saturated carbocycles. The second-order valence-corrected chi connectivity index (χ2v) is 5.18. The van der Waals surface area contributed by atoms with Crippen molar-refractivity contribution < 1.29 is 14.2 Å². The van der Waals surface area contributed by atoms with Crippen LogP contribution in [0.3, 0.4) is 0 Å². The molecule has 0 aliphatic rings. The first-order valence-electron chi connectivity index (χ1n) is 6.75. The van der Waals surface area contributed by atoms with Crippen LogP contribution in [-0.4, -0.2) is 30.4 Å². The largest absolute Gasteiger partial charge is 0.490 e. The molecule has 3 nitrogen and oxygen atoms in total. The number of rotatable bonds is 8. The van der Waals surface area contributed by atoms with Crippen LogP contribution in [-0.2, 0) is 0 Å². The Morgan fingerprint density at radius 3 is 2.79 bits per heavy atom. The van der Waals surface area contributed by atoms with Gasteiger partial charge in [-0.25, -0.2) is 4.39 Å². The summed E-state index contributed by atoms with van der Waals surface area (Å²) in [5, 5.41) is 12.7. The minimum absolute atomic E-state index is 0.0344. The minimum Gasteiger partial charge on any atom is -0.490 e. The Balaban J connectivity index is 2.50. The van der Waals surface area contributed by atoms with Crippen LogP contribution in [0.4, 0.5) is 4.39 Å². The Kier molecular flexibility index (Phi) is 6.25. The summed E-state index contributed by atoms with van der Waals surface area (Å²) >= 11 is 0. The van der Waals surface area contributed by atoms with Crippen molar-refractivity contribution >= 4 is 0 Å². The third kappa shape index (κ3) is 5.17. The van der Waals surface area contributed by atoms with Crippen molar-refractivity contribution in [2.75, 3.05) is 19.8 Å². The van der Waals surface area contributed by atoms with Crippen molar-refractivity contribution in [3.05, 3.63) is 29.6 Å². The number of halogens is 1. The van der Waals surface area contributed by atoms with Gasteiger partial charge in [-0.1, -0.05) is 13.0 Å². The van der Waals surface area contributed by atoms with Crippen LogP contribution in [0, 0.1) is 12.7 Å². The summed E-state index contributed by atoms with van der Waals surface area (Å²) in [4.78, 5) is 0. The maximum atomic E-state index is 13.5. The fraction of sp³-hybridized carbons (Fsp3) is 0.600. The molecule has 0 saturated heterocycles. The van der Waals surface area contributed by atoms with Gasteiger partial charge in [-0.2, -0.15) is 0 Å². The van der Waals surface area contributed by atoms with Gasteiger partial charge in [0.15, 0.2) is 11.6 Å². The van der Waals surface area contributed by atoms with E-state index in [2.05, 4.69) is 12.2 Å². The van der Waals surface area contributed by atoms with Gasteiger partial charge < -0.3 is 15.2 Å². The van der Waals surface area contributed by atoms with E-state index in [1.165, 1.54) is 6.07 Å². The van der Waals surface area contributed by atoms with Gasteiger partial charge in [0.2, 0.25) is 0 Å². The number of aliphatic hydroxyl groups excluding tert-OH is 1. The molecule has 1 unspecified atom stereocenters. The molecule has 0 spiro atoms. The molecule has 108 valence electrons. The normalized spacial score (nSPS) is 14.2. The number of nitrogens with one attached hydrogen (secondary N) is 1. The Bertz CT molecular complexity index is 398. The highest BCUT2D eigenvalue weighted by Gasteiger charge is 2.22. The zero-order valence-corrected chi connectivity index (χ0v) is 12.0. The smallest absolute Gasteiger partial charge is 0.165 e. The van der Waals surface area contributed by atoms with Gasteiger partial charge in [-0.05, 0) is 44.5 Å². The van der Waals surface area contributed by atoms with Crippen molar-refractivity contribution in [1.29, 1.82) is 0 Å². The van der Waals surface area contributed by atoms with Crippen molar-refractivity contribution in [3.8, 4) is 5.75 Å². The number of ether oxygens (including phenoxy) is 1. The minimum atomic E-state index is -0.379. The van der Waals surface area contributed by atoms with Crippen LogP contribution in [0.1, 0.15) is 32.3 Å². The SMILES string of the molecule is CCCNC(C)(CO)CCOc1cc(C)ccc1F. The van der Waals surface area contributed by atoms with E-state index in [0.29, 0.717) is 13.0 Å². The molecule has 19 heavy (non-hydrogen) atoms. The second-order valence-electron chi connectivity index (χ2n) is 5.18. The van der Waals surface area contributed by atoms with Crippen LogP contribution >= 0.6 is 0 Å². The van der Waals surface area contributed by atoms with Gasteiger partial charge in [0, 0.05) is 12.0 Å². The summed E-state index contributed by atoms with van der Waals surface area (Å²) in [5.74, 6) is -0.0754. The lowest BCUT2D eigenvalue weighted by molar-refractivity contribution is 0.143. The van der Waals surface area contributed by atoms with Crippen LogP contribution in [0.25, 0.3) is 0 Å². The first-order valence-corrected chi connectivity index (χ1v) is 6.75. The molecular formula is C15H24FNO2. The van der Waals surface area contributed by atoms with E-state index in [1.54, 1.807) is 12.1 Å². The Hall–Kier alpha value is -1.13. The molecule has 0 radical (unpaired) electrons. The monoisotopic (exact) mass is 269 g/mol. The van der Waals surface area contributed by atoms with Crippen LogP contribution in [0.2, 0.25) is 0 Å². The maximum Gasteiger partial charge on any atom is 0.165 e. The average molecular weight is 269 g/mol. The van der Waals surface area contributed by atoms with Gasteiger partial charge in [0.1, 0.15) is 0 Å². The molecule has 0 bridgehead atoms. The van der Waals surface area contributed by atoms with Crippen molar-refractivity contribution in [3.63, 3.8) is 0 Å². The van der Waals surface area contributed by atoms with Gasteiger partial charge in [-0.15, -0.1) is 0 Å². The van der Waals surface area contributed by atoms with Crippen LogP contribution in [0.15, 0.2) is 18.2 Å². The fourth-order valence-corrected chi connectivity index (χ4v) is 1.76. The molecule has 0 aromatic heterocycles. The summed E-state index contributed by atoms with van der Waals surface area (Å²) in [5.41, 5.74) is 0.585. The van der Waals surface area contributed by atoms with E-state index in [-0.39, 0.29) is 23.7 Å². The number of hydrogen-bond donors (Lipinski definition) is 2. The zero-order valence-electron chi connectivity index (χ0n) is 12.0. The average Bonchev–Trinajstić information content (AvgIpc) is 2.40. The highest BCUT2D eigenvalue weighted by Crippen LogP contribution is 2.19. The Morgan fingerprint density at radius 1 is 1.42 bits per heavy atom. The van der Waals surface area contributed by atoms with Crippen molar-refractivity contribution in [2.24, 2.45) is 0 Å². The van der Waals surface area contributed by atoms with Gasteiger partial charge in [0.25, 0.3) is 0 Å². The number of aryl methyl sites for hydroxylation is 1. The highest BCUT2D eigenvalue weighted by atomic mass is 19.1. The maximum absolute atomic E-state index is 13.5. The highest BCUT2D eigenvalue weighted by molar-refractivity contribution is 5.29. The van der Waals surface area contributed by atoms with Crippen LogP contribution in [0.5, 0.6) is 5.75 Å². The molecule has 1 aromatic rings. The molecule has 0 amide bonds. The summed E-state index contributed by atoms with van der Waals surface area (Å²) in [7, 11) is 0. The topological polar surface area (TPSA) is 41.5 Å². The first-order chi connectivity index (χ1) is 9.00. The van der Waals surface area contributed by atoms with Gasteiger partial charge in [-0.3, -0.25) is 0 Å². The van der Waals surface area contributed by atoms with E-state index in [4.69, 9.17) is 4.74 Å². The van der Waals surface area contributed by atoms with E-state index in [1.807, 2.05) is 13.8 Å². The summed E-state index contributed by atoms with van der Waals surface area (Å²) < 4.78 is 19.0. The molecule has 2 N–H and O–H groups in total. The number of aliphatic hydroxyl groups is 1. The Labute approximate surface area is 114 Å². The molecule has 0 aliphatic carbocycles. The lowest BCUT2D eigenvalue weighted by atomic mass is 9.99. The van der Waals surface area contributed by atoms with Crippen molar-refractivity contribution in [1.82, 2.24) is 5.32 Å². The predicted molar refractivity (Wildman–Crippen MR) is 75.0 cm³/mol. The van der Waals surface area contributed by atoms with Crippen molar-refractivity contribution in [2.45, 2.75) is 39.2 Å². The molecule has 0 heterocycles. The molecule has 1 atom stereocenters. The lowest BCUT2D eigenvalue weighted by Crippen LogP contribution is -2.47. The van der Waals surface area contributed by atoms with Gasteiger partial charge >= 0.3 is 0 Å². The number of benzene rings is 1. The molecule has 1 rings (SSSR count). The third-order valence-corrected chi connectivity index (χ3v) is 3.15. The second kappa shape index (κ2) is 7.46. The summed E-state index contributed by atoms with van der Waals surface area (Å²) in [6.45, 7) is 7.16. The van der Waals surface area contributed by atoms with E-state index in [9.17, 15) is 9.50 Å². The fourth-order valence-electron chi connectivity index (χ4n) is 1.76. The predicted octanol–water partition coefficient (Wildman–Crippen LogP) is 2.65. The van der Waals surface area contributed by atoms with Crippen LogP contribution < -0.4 is 10.1 Å². The summed E-state index contributed by atoms with van der Waals surface area (Å²) in [6, 6.07) is 4.80. The molecule has 0 aliphatic heterocycles. The van der Waals surface area contributed by atoms with E-state index >= 15 is 0 Å². The molecule has 1 aromatic carbocycles. The molecule has 0 fully saturated rings.